The zero-order chi connectivity index (χ0) is 18.2. The van der Waals surface area contributed by atoms with Gasteiger partial charge in [0.15, 0.2) is 5.69 Å². The van der Waals surface area contributed by atoms with Gasteiger partial charge < -0.3 is 9.84 Å². The summed E-state index contributed by atoms with van der Waals surface area (Å²) in [5.74, 6) is 1.25. The second kappa shape index (κ2) is 6.65. The van der Waals surface area contributed by atoms with Crippen LogP contribution in [0.15, 0.2) is 10.7 Å². The summed E-state index contributed by atoms with van der Waals surface area (Å²) in [6.07, 6.45) is 4.62. The van der Waals surface area contributed by atoms with E-state index in [0.717, 1.165) is 48.4 Å². The number of amides is 1. The Morgan fingerprint density at radius 1 is 1.44 bits per heavy atom. The van der Waals surface area contributed by atoms with Crippen LogP contribution in [0.5, 0.6) is 0 Å². The predicted octanol–water partition coefficient (Wildman–Crippen LogP) is 3.28. The number of carbonyl (C=O) groups excluding carboxylic acids is 1. The summed E-state index contributed by atoms with van der Waals surface area (Å²) in [7, 11) is 0. The van der Waals surface area contributed by atoms with E-state index in [-0.39, 0.29) is 11.3 Å². The summed E-state index contributed by atoms with van der Waals surface area (Å²) in [5, 5.41) is 11.3. The first-order valence-electron chi connectivity index (χ1n) is 9.08. The molecule has 0 spiro atoms. The fourth-order valence-corrected chi connectivity index (χ4v) is 3.56. The predicted molar refractivity (Wildman–Crippen MR) is 95.3 cm³/mol. The Labute approximate surface area is 149 Å². The highest BCUT2D eigenvalue weighted by Crippen LogP contribution is 2.38. The maximum atomic E-state index is 12.6. The van der Waals surface area contributed by atoms with Crippen LogP contribution in [-0.2, 0) is 25.9 Å². The summed E-state index contributed by atoms with van der Waals surface area (Å²) in [6.45, 7) is 12.1. The van der Waals surface area contributed by atoms with Crippen LogP contribution in [0, 0.1) is 18.3 Å². The SMILES string of the molecule is CCn1ncc(CNC(=O)c2noc3c2C[C@H](C(C)(C)C)CC3)c1C. The fraction of sp³-hybridized carbons (Fsp3) is 0.632. The van der Waals surface area contributed by atoms with Gasteiger partial charge in [0.05, 0.1) is 6.20 Å². The maximum Gasteiger partial charge on any atom is 0.274 e. The van der Waals surface area contributed by atoms with Crippen molar-refractivity contribution >= 4 is 5.91 Å². The lowest BCUT2D eigenvalue weighted by atomic mass is 9.71. The first kappa shape index (κ1) is 17.7. The molecule has 1 aliphatic rings. The number of fused-ring (bicyclic) bond motifs is 1. The second-order valence-electron chi connectivity index (χ2n) is 7.99. The van der Waals surface area contributed by atoms with Crippen LogP contribution in [0.1, 0.15) is 67.2 Å². The number of hydrogen-bond donors (Lipinski definition) is 1. The van der Waals surface area contributed by atoms with Crippen molar-refractivity contribution in [2.75, 3.05) is 0 Å². The van der Waals surface area contributed by atoms with Crippen molar-refractivity contribution in [3.63, 3.8) is 0 Å². The number of carbonyl (C=O) groups is 1. The van der Waals surface area contributed by atoms with Gasteiger partial charge in [-0.05, 0) is 38.0 Å². The molecule has 0 saturated carbocycles. The number of aryl methyl sites for hydroxylation is 2. The number of aromatic nitrogens is 3. The zero-order valence-corrected chi connectivity index (χ0v) is 15.8. The van der Waals surface area contributed by atoms with Crippen LogP contribution in [0.2, 0.25) is 0 Å². The molecule has 136 valence electrons. The number of hydrogen-bond acceptors (Lipinski definition) is 4. The van der Waals surface area contributed by atoms with Gasteiger partial charge in [-0.2, -0.15) is 5.10 Å². The Hall–Kier alpha value is -2.11. The third kappa shape index (κ3) is 3.48. The molecule has 2 aromatic rings. The van der Waals surface area contributed by atoms with E-state index in [0.29, 0.717) is 18.2 Å². The lowest BCUT2D eigenvalue weighted by Gasteiger charge is -2.33. The van der Waals surface area contributed by atoms with Crippen molar-refractivity contribution in [3.05, 3.63) is 34.5 Å². The summed E-state index contributed by atoms with van der Waals surface area (Å²) in [6, 6.07) is 0. The average Bonchev–Trinajstić information content (AvgIpc) is 3.14. The number of nitrogens with one attached hydrogen (secondary N) is 1. The van der Waals surface area contributed by atoms with E-state index in [2.05, 4.69) is 43.3 Å². The fourth-order valence-electron chi connectivity index (χ4n) is 3.56. The molecule has 2 aromatic heterocycles. The molecule has 0 radical (unpaired) electrons. The van der Waals surface area contributed by atoms with Gasteiger partial charge in [-0.25, -0.2) is 0 Å². The summed E-state index contributed by atoms with van der Waals surface area (Å²) >= 11 is 0. The smallest absolute Gasteiger partial charge is 0.274 e. The van der Waals surface area contributed by atoms with Crippen LogP contribution >= 0.6 is 0 Å². The zero-order valence-electron chi connectivity index (χ0n) is 15.8. The minimum Gasteiger partial charge on any atom is -0.360 e. The lowest BCUT2D eigenvalue weighted by Crippen LogP contribution is -2.29. The molecule has 25 heavy (non-hydrogen) atoms. The van der Waals surface area contributed by atoms with Crippen molar-refractivity contribution in [1.82, 2.24) is 20.3 Å². The Balaban J connectivity index is 1.72. The molecule has 3 rings (SSSR count). The van der Waals surface area contributed by atoms with Gasteiger partial charge in [-0.3, -0.25) is 9.48 Å². The first-order chi connectivity index (χ1) is 11.8. The van der Waals surface area contributed by atoms with E-state index in [9.17, 15) is 4.79 Å². The van der Waals surface area contributed by atoms with Gasteiger partial charge in [0.2, 0.25) is 0 Å². The van der Waals surface area contributed by atoms with Crippen LogP contribution < -0.4 is 5.32 Å². The Kier molecular flexibility index (Phi) is 4.71. The molecule has 1 amide bonds. The molecular weight excluding hydrogens is 316 g/mol. The molecular formula is C19H28N4O2. The largest absolute Gasteiger partial charge is 0.360 e. The van der Waals surface area contributed by atoms with Crippen molar-refractivity contribution in [2.24, 2.45) is 11.3 Å². The van der Waals surface area contributed by atoms with E-state index < -0.39 is 0 Å². The number of rotatable bonds is 4. The van der Waals surface area contributed by atoms with Crippen LogP contribution in [-0.4, -0.2) is 20.8 Å². The summed E-state index contributed by atoms with van der Waals surface area (Å²) in [4.78, 5) is 12.6. The van der Waals surface area contributed by atoms with E-state index in [1.165, 1.54) is 0 Å². The molecule has 0 aromatic carbocycles. The van der Waals surface area contributed by atoms with Crippen molar-refractivity contribution in [2.45, 2.75) is 67.0 Å². The minimum atomic E-state index is -0.164. The van der Waals surface area contributed by atoms with Crippen LogP contribution in [0.3, 0.4) is 0 Å². The minimum absolute atomic E-state index is 0.164. The molecule has 6 heteroatoms. The molecule has 1 N–H and O–H groups in total. The highest BCUT2D eigenvalue weighted by molar-refractivity contribution is 5.93. The molecule has 1 aliphatic carbocycles. The number of nitrogens with zero attached hydrogens (tertiary/aromatic N) is 3. The molecule has 0 aliphatic heterocycles. The normalized spacial score (nSPS) is 17.4. The quantitative estimate of drug-likeness (QED) is 0.924. The van der Waals surface area contributed by atoms with Gasteiger partial charge in [0.1, 0.15) is 5.76 Å². The van der Waals surface area contributed by atoms with E-state index in [1.807, 2.05) is 17.8 Å². The molecule has 0 saturated heterocycles. The molecule has 0 unspecified atom stereocenters. The summed E-state index contributed by atoms with van der Waals surface area (Å²) < 4.78 is 7.36. The highest BCUT2D eigenvalue weighted by atomic mass is 16.5. The molecule has 1 atom stereocenters. The first-order valence-corrected chi connectivity index (χ1v) is 9.08. The topological polar surface area (TPSA) is 73.0 Å². The van der Waals surface area contributed by atoms with Crippen molar-refractivity contribution in [1.29, 1.82) is 0 Å². The van der Waals surface area contributed by atoms with E-state index >= 15 is 0 Å². The van der Waals surface area contributed by atoms with E-state index in [1.54, 1.807) is 0 Å². The van der Waals surface area contributed by atoms with Crippen molar-refractivity contribution in [3.8, 4) is 0 Å². The second-order valence-corrected chi connectivity index (χ2v) is 7.99. The monoisotopic (exact) mass is 344 g/mol. The lowest BCUT2D eigenvalue weighted by molar-refractivity contribution is 0.0940. The molecule has 0 fully saturated rings. The maximum absolute atomic E-state index is 12.6. The third-order valence-electron chi connectivity index (χ3n) is 5.42. The molecule has 2 heterocycles. The van der Waals surface area contributed by atoms with Crippen LogP contribution in [0.25, 0.3) is 0 Å². The van der Waals surface area contributed by atoms with Gasteiger partial charge in [0.25, 0.3) is 5.91 Å². The Bertz CT molecular complexity index is 767. The Morgan fingerprint density at radius 2 is 2.20 bits per heavy atom. The van der Waals surface area contributed by atoms with Gasteiger partial charge in [-0.1, -0.05) is 25.9 Å². The molecule has 6 nitrogen and oxygen atoms in total. The van der Waals surface area contributed by atoms with Gasteiger partial charge in [0, 0.05) is 36.3 Å². The van der Waals surface area contributed by atoms with E-state index in [4.69, 9.17) is 4.52 Å². The summed E-state index contributed by atoms with van der Waals surface area (Å²) in [5.41, 5.74) is 3.77. The Morgan fingerprint density at radius 3 is 2.84 bits per heavy atom. The molecule has 0 bridgehead atoms. The van der Waals surface area contributed by atoms with Crippen LogP contribution in [0.4, 0.5) is 0 Å². The third-order valence-corrected chi connectivity index (χ3v) is 5.42. The highest BCUT2D eigenvalue weighted by Gasteiger charge is 2.34. The standard InChI is InChI=1S/C19H28N4O2/c1-6-23-12(2)13(11-21-23)10-20-18(24)17-15-9-14(19(3,4)5)7-8-16(15)25-22-17/h11,14H,6-10H2,1-5H3,(H,20,24)/t14-/m1/s1. The van der Waals surface area contributed by atoms with Gasteiger partial charge in [-0.15, -0.1) is 0 Å². The average molecular weight is 344 g/mol. The van der Waals surface area contributed by atoms with Gasteiger partial charge >= 0.3 is 0 Å². The van der Waals surface area contributed by atoms with Crippen molar-refractivity contribution < 1.29 is 9.32 Å².